The first-order valence-electron chi connectivity index (χ1n) is 12.9. The molecule has 0 amide bonds. The zero-order valence-corrected chi connectivity index (χ0v) is 20.9. The summed E-state index contributed by atoms with van der Waals surface area (Å²) < 4.78 is 11.9. The molecule has 8 nitrogen and oxygen atoms in total. The topological polar surface area (TPSA) is 140 Å². The van der Waals surface area contributed by atoms with Gasteiger partial charge in [-0.3, -0.25) is 0 Å². The van der Waals surface area contributed by atoms with Gasteiger partial charge in [0.15, 0.2) is 6.29 Å². The Hall–Kier alpha value is -0.580. The predicted octanol–water partition coefficient (Wildman–Crippen LogP) is 1.10. The second-order valence-corrected chi connectivity index (χ2v) is 12.3. The maximum Gasteiger partial charge on any atom is 0.186 e. The van der Waals surface area contributed by atoms with Gasteiger partial charge in [-0.25, -0.2) is 0 Å². The van der Waals surface area contributed by atoms with Crippen molar-refractivity contribution in [1.29, 1.82) is 0 Å². The molecule has 196 valence electrons. The molecule has 3 aliphatic carbocycles. The van der Waals surface area contributed by atoms with Gasteiger partial charge in [-0.2, -0.15) is 0 Å². The van der Waals surface area contributed by atoms with Gasteiger partial charge in [0.25, 0.3) is 0 Å². The largest absolute Gasteiger partial charge is 0.394 e. The quantitative estimate of drug-likeness (QED) is 0.252. The number of hydrogen-bond donors (Lipinski definition) is 6. The second kappa shape index (κ2) is 9.38. The number of aliphatic hydroxyl groups is 6. The van der Waals surface area contributed by atoms with Crippen LogP contribution >= 0.6 is 0 Å². The number of allylic oxidation sites excluding steroid dienone is 1. The van der Waals surface area contributed by atoms with E-state index in [9.17, 15) is 30.6 Å². The first-order valence-corrected chi connectivity index (χ1v) is 12.9. The van der Waals surface area contributed by atoms with Crippen LogP contribution in [0.25, 0.3) is 0 Å². The molecule has 4 aliphatic rings. The van der Waals surface area contributed by atoms with E-state index in [4.69, 9.17) is 9.47 Å². The highest BCUT2D eigenvalue weighted by Crippen LogP contribution is 2.64. The first kappa shape index (κ1) is 26.5. The van der Waals surface area contributed by atoms with E-state index in [0.29, 0.717) is 11.8 Å². The van der Waals surface area contributed by atoms with E-state index in [1.807, 2.05) is 6.92 Å². The van der Waals surface area contributed by atoms with E-state index in [-0.39, 0.29) is 29.0 Å². The van der Waals surface area contributed by atoms with Crippen molar-refractivity contribution in [3.05, 3.63) is 11.6 Å². The summed E-state index contributed by atoms with van der Waals surface area (Å²) in [6.45, 7) is 8.14. The smallest absolute Gasteiger partial charge is 0.186 e. The van der Waals surface area contributed by atoms with Crippen LogP contribution in [0.3, 0.4) is 0 Å². The minimum Gasteiger partial charge on any atom is -0.394 e. The number of ether oxygens (including phenoxy) is 2. The Bertz CT molecular complexity index is 768. The SMILES string of the molecule is CC1(C)[C@H](O[C@H]2O[C@@H](CO)[C@H](O)[C@@H](O)[C@@H]2O)CC[C@@]2(C)[C@H]3CC[C@](C)([C@H](O)CO)C=C3CC[C@@H]12. The Labute approximate surface area is 202 Å². The third-order valence-electron chi connectivity index (χ3n) is 10.0. The summed E-state index contributed by atoms with van der Waals surface area (Å²) in [4.78, 5) is 0. The normalized spacial score (nSPS) is 49.5. The molecule has 0 radical (unpaired) electrons. The summed E-state index contributed by atoms with van der Waals surface area (Å²) in [5.74, 6) is 0.801. The van der Waals surface area contributed by atoms with E-state index in [0.717, 1.165) is 38.5 Å². The molecule has 6 N–H and O–H groups in total. The zero-order chi connectivity index (χ0) is 25.1. The van der Waals surface area contributed by atoms with Crippen LogP contribution in [0.15, 0.2) is 11.6 Å². The average Bonchev–Trinajstić information content (AvgIpc) is 2.80. The molecule has 34 heavy (non-hydrogen) atoms. The standard InChI is InChI=1S/C26H44O8/c1-24(2)17-6-5-14-11-25(3,18(29)13-28)9-7-15(14)26(17,4)10-8-19(24)34-23-22(32)21(31)20(30)16(12-27)33-23/h11,15-23,27-32H,5-10,12-13H2,1-4H3/t15-,16-,17-,18+,19+,20-,21+,22-,23+,25-,26-/m0/s1. The first-order chi connectivity index (χ1) is 15.9. The van der Waals surface area contributed by atoms with E-state index in [2.05, 4.69) is 26.8 Å². The summed E-state index contributed by atoms with van der Waals surface area (Å²) in [5, 5.41) is 60.2. The molecule has 8 heteroatoms. The van der Waals surface area contributed by atoms with Gasteiger partial charge in [0.2, 0.25) is 0 Å². The molecule has 0 aromatic heterocycles. The zero-order valence-electron chi connectivity index (χ0n) is 20.9. The fourth-order valence-electron chi connectivity index (χ4n) is 7.79. The predicted molar refractivity (Wildman–Crippen MR) is 124 cm³/mol. The van der Waals surface area contributed by atoms with Gasteiger partial charge in [-0.15, -0.1) is 0 Å². The van der Waals surface area contributed by atoms with Crippen LogP contribution < -0.4 is 0 Å². The lowest BCUT2D eigenvalue weighted by Gasteiger charge is -2.62. The van der Waals surface area contributed by atoms with Gasteiger partial charge in [-0.1, -0.05) is 39.3 Å². The van der Waals surface area contributed by atoms with Gasteiger partial charge < -0.3 is 40.1 Å². The molecule has 0 unspecified atom stereocenters. The number of rotatable bonds is 5. The molecule has 3 fully saturated rings. The second-order valence-electron chi connectivity index (χ2n) is 12.3. The minimum absolute atomic E-state index is 0.0777. The fourth-order valence-corrected chi connectivity index (χ4v) is 7.79. The van der Waals surface area contributed by atoms with Crippen LogP contribution in [0.4, 0.5) is 0 Å². The van der Waals surface area contributed by atoms with Crippen molar-refractivity contribution in [3.63, 3.8) is 0 Å². The molecule has 0 aromatic rings. The van der Waals surface area contributed by atoms with E-state index < -0.39 is 43.4 Å². The van der Waals surface area contributed by atoms with Crippen LogP contribution in [0.5, 0.6) is 0 Å². The van der Waals surface area contributed by atoms with Gasteiger partial charge in [0.1, 0.15) is 24.4 Å². The van der Waals surface area contributed by atoms with Crippen molar-refractivity contribution in [2.24, 2.45) is 28.1 Å². The molecular weight excluding hydrogens is 440 g/mol. The van der Waals surface area contributed by atoms with Crippen LogP contribution in [0, 0.1) is 28.1 Å². The summed E-state index contributed by atoms with van der Waals surface area (Å²) in [7, 11) is 0. The lowest BCUT2D eigenvalue weighted by Crippen LogP contribution is -2.62. The number of aliphatic hydroxyl groups excluding tert-OH is 6. The third kappa shape index (κ3) is 4.18. The Kier molecular flexibility index (Phi) is 7.30. The highest BCUT2D eigenvalue weighted by Gasteiger charge is 2.59. The maximum atomic E-state index is 10.5. The number of hydrogen-bond acceptors (Lipinski definition) is 8. The average molecular weight is 485 g/mol. The summed E-state index contributed by atoms with van der Waals surface area (Å²) in [6.07, 6.45) is 0.468. The van der Waals surface area contributed by atoms with E-state index in [1.165, 1.54) is 5.57 Å². The van der Waals surface area contributed by atoms with Gasteiger partial charge >= 0.3 is 0 Å². The molecule has 1 saturated heterocycles. The summed E-state index contributed by atoms with van der Waals surface area (Å²) in [6, 6.07) is 0. The molecule has 2 saturated carbocycles. The van der Waals surface area contributed by atoms with Gasteiger partial charge in [0, 0.05) is 5.41 Å². The monoisotopic (exact) mass is 484 g/mol. The van der Waals surface area contributed by atoms with Crippen molar-refractivity contribution >= 4 is 0 Å². The molecule has 1 heterocycles. The lowest BCUT2D eigenvalue weighted by atomic mass is 9.45. The highest BCUT2D eigenvalue weighted by atomic mass is 16.7. The highest BCUT2D eigenvalue weighted by molar-refractivity contribution is 5.25. The van der Waals surface area contributed by atoms with Crippen molar-refractivity contribution < 1.29 is 40.1 Å². The van der Waals surface area contributed by atoms with Crippen LogP contribution in [0.1, 0.15) is 66.2 Å². The molecule has 11 atom stereocenters. The number of fused-ring (bicyclic) bond motifs is 3. The van der Waals surface area contributed by atoms with Gasteiger partial charge in [-0.05, 0) is 61.2 Å². The Morgan fingerprint density at radius 1 is 1.00 bits per heavy atom. The maximum absolute atomic E-state index is 10.5. The van der Waals surface area contributed by atoms with Crippen LogP contribution in [-0.2, 0) is 9.47 Å². The van der Waals surface area contributed by atoms with Crippen molar-refractivity contribution in [3.8, 4) is 0 Å². The summed E-state index contributed by atoms with van der Waals surface area (Å²) in [5.41, 5.74) is 0.879. The molecule has 4 rings (SSSR count). The third-order valence-corrected chi connectivity index (χ3v) is 10.0. The Morgan fingerprint density at radius 2 is 1.71 bits per heavy atom. The molecule has 0 spiro atoms. The molecular formula is C26H44O8. The van der Waals surface area contributed by atoms with Crippen molar-refractivity contribution in [1.82, 2.24) is 0 Å². The summed E-state index contributed by atoms with van der Waals surface area (Å²) >= 11 is 0. The van der Waals surface area contributed by atoms with Crippen molar-refractivity contribution in [2.75, 3.05) is 13.2 Å². The lowest BCUT2D eigenvalue weighted by molar-refractivity contribution is -0.327. The molecule has 0 aromatic carbocycles. The Morgan fingerprint density at radius 3 is 2.35 bits per heavy atom. The van der Waals surface area contributed by atoms with Crippen LogP contribution in [-0.4, -0.2) is 86.8 Å². The van der Waals surface area contributed by atoms with E-state index >= 15 is 0 Å². The fraction of sp³-hybridized carbons (Fsp3) is 0.923. The molecule has 1 aliphatic heterocycles. The minimum atomic E-state index is -1.44. The molecule has 0 bridgehead atoms. The van der Waals surface area contributed by atoms with E-state index in [1.54, 1.807) is 0 Å². The van der Waals surface area contributed by atoms with Crippen LogP contribution in [0.2, 0.25) is 0 Å². The Balaban J connectivity index is 1.53. The van der Waals surface area contributed by atoms with Crippen molar-refractivity contribution in [2.45, 2.75) is 109 Å². The van der Waals surface area contributed by atoms with Gasteiger partial charge in [0.05, 0.1) is 25.4 Å².